The number of rotatable bonds is 4. The van der Waals surface area contributed by atoms with Crippen LogP contribution in [0.15, 0.2) is 49.1 Å². The van der Waals surface area contributed by atoms with Crippen LogP contribution in [-0.2, 0) is 11.2 Å². The molecule has 0 radical (unpaired) electrons. The van der Waals surface area contributed by atoms with E-state index in [0.29, 0.717) is 12.8 Å². The molecule has 0 spiro atoms. The number of carbonyl (C=O) groups is 1. The van der Waals surface area contributed by atoms with Crippen molar-refractivity contribution < 1.29 is 4.79 Å². The molecule has 4 heteroatoms. The quantitative estimate of drug-likeness (QED) is 0.869. The number of amides is 1. The normalized spacial score (nSPS) is 9.88. The standard InChI is InChI=1S/C13H13N3O/c17-13(16-12-4-2-1-3-5-12)7-6-11-8-14-10-15-9-11/h1-5,8-10H,6-7H2,(H,16,17). The molecule has 0 aliphatic carbocycles. The number of nitrogens with zero attached hydrogens (tertiary/aromatic N) is 2. The number of benzene rings is 1. The lowest BCUT2D eigenvalue weighted by Gasteiger charge is -2.04. The third-order valence-electron chi connectivity index (χ3n) is 2.31. The van der Waals surface area contributed by atoms with Gasteiger partial charge in [-0.1, -0.05) is 18.2 Å². The van der Waals surface area contributed by atoms with Crippen molar-refractivity contribution in [2.45, 2.75) is 12.8 Å². The molecule has 4 nitrogen and oxygen atoms in total. The van der Waals surface area contributed by atoms with Crippen molar-refractivity contribution in [1.82, 2.24) is 9.97 Å². The van der Waals surface area contributed by atoms with E-state index in [0.717, 1.165) is 11.3 Å². The smallest absolute Gasteiger partial charge is 0.224 e. The van der Waals surface area contributed by atoms with E-state index in [1.54, 1.807) is 12.4 Å². The third kappa shape index (κ3) is 3.68. The Kier molecular flexibility index (Phi) is 3.81. The number of nitrogens with one attached hydrogen (secondary N) is 1. The second-order valence-corrected chi connectivity index (χ2v) is 3.66. The number of anilines is 1. The van der Waals surface area contributed by atoms with E-state index in [9.17, 15) is 4.79 Å². The van der Waals surface area contributed by atoms with Crippen molar-refractivity contribution in [2.75, 3.05) is 5.32 Å². The van der Waals surface area contributed by atoms with Gasteiger partial charge in [-0.05, 0) is 24.1 Å². The highest BCUT2D eigenvalue weighted by Gasteiger charge is 2.02. The van der Waals surface area contributed by atoms with E-state index in [4.69, 9.17) is 0 Å². The van der Waals surface area contributed by atoms with Gasteiger partial charge >= 0.3 is 0 Å². The maximum Gasteiger partial charge on any atom is 0.224 e. The fourth-order valence-electron chi connectivity index (χ4n) is 1.46. The van der Waals surface area contributed by atoms with Gasteiger partial charge in [0.25, 0.3) is 0 Å². The zero-order valence-corrected chi connectivity index (χ0v) is 9.34. The van der Waals surface area contributed by atoms with E-state index in [1.807, 2.05) is 30.3 Å². The van der Waals surface area contributed by atoms with Gasteiger partial charge in [-0.2, -0.15) is 0 Å². The molecule has 1 N–H and O–H groups in total. The Morgan fingerprint density at radius 3 is 2.53 bits per heavy atom. The fraction of sp³-hybridized carbons (Fsp3) is 0.154. The topological polar surface area (TPSA) is 54.9 Å². The zero-order chi connectivity index (χ0) is 11.9. The summed E-state index contributed by atoms with van der Waals surface area (Å²) in [5, 5.41) is 2.83. The average molecular weight is 227 g/mol. The highest BCUT2D eigenvalue weighted by molar-refractivity contribution is 5.90. The van der Waals surface area contributed by atoms with Crippen LogP contribution >= 0.6 is 0 Å². The Balaban J connectivity index is 1.83. The van der Waals surface area contributed by atoms with Crippen LogP contribution in [-0.4, -0.2) is 15.9 Å². The van der Waals surface area contributed by atoms with Crippen molar-refractivity contribution in [3.63, 3.8) is 0 Å². The van der Waals surface area contributed by atoms with Crippen LogP contribution in [0.25, 0.3) is 0 Å². The molecule has 1 amide bonds. The van der Waals surface area contributed by atoms with Gasteiger partial charge < -0.3 is 5.32 Å². The largest absolute Gasteiger partial charge is 0.326 e. The summed E-state index contributed by atoms with van der Waals surface area (Å²) in [5.41, 5.74) is 1.79. The summed E-state index contributed by atoms with van der Waals surface area (Å²) in [7, 11) is 0. The van der Waals surface area contributed by atoms with E-state index >= 15 is 0 Å². The predicted molar refractivity (Wildman–Crippen MR) is 65.4 cm³/mol. The molecule has 0 atom stereocenters. The van der Waals surface area contributed by atoms with Gasteiger partial charge in [0.05, 0.1) is 0 Å². The second-order valence-electron chi connectivity index (χ2n) is 3.66. The minimum absolute atomic E-state index is 0.0000491. The highest BCUT2D eigenvalue weighted by Crippen LogP contribution is 2.06. The van der Waals surface area contributed by atoms with Gasteiger partial charge in [-0.25, -0.2) is 9.97 Å². The summed E-state index contributed by atoms with van der Waals surface area (Å²) in [4.78, 5) is 19.4. The van der Waals surface area contributed by atoms with Crippen molar-refractivity contribution in [1.29, 1.82) is 0 Å². The molecule has 86 valence electrons. The molecule has 17 heavy (non-hydrogen) atoms. The van der Waals surface area contributed by atoms with Gasteiger partial charge in [0.15, 0.2) is 0 Å². The molecule has 2 aromatic rings. The number of para-hydroxylation sites is 1. The molecule has 0 aliphatic heterocycles. The van der Waals surface area contributed by atoms with E-state index in [1.165, 1.54) is 6.33 Å². The summed E-state index contributed by atoms with van der Waals surface area (Å²) in [5.74, 6) is 0.0000491. The van der Waals surface area contributed by atoms with Gasteiger partial charge in [0.2, 0.25) is 5.91 Å². The first kappa shape index (κ1) is 11.3. The molecule has 0 bridgehead atoms. The number of carbonyl (C=O) groups excluding carboxylic acids is 1. The van der Waals surface area contributed by atoms with Crippen molar-refractivity contribution in [3.8, 4) is 0 Å². The number of hydrogen-bond donors (Lipinski definition) is 1. The molecule has 1 aromatic heterocycles. The number of aromatic nitrogens is 2. The minimum Gasteiger partial charge on any atom is -0.326 e. The zero-order valence-electron chi connectivity index (χ0n) is 9.34. The number of aryl methyl sites for hydroxylation is 1. The lowest BCUT2D eigenvalue weighted by Crippen LogP contribution is -2.12. The van der Waals surface area contributed by atoms with Crippen molar-refractivity contribution in [3.05, 3.63) is 54.6 Å². The maximum atomic E-state index is 11.6. The van der Waals surface area contributed by atoms with Crippen LogP contribution in [0.1, 0.15) is 12.0 Å². The number of hydrogen-bond acceptors (Lipinski definition) is 3. The van der Waals surface area contributed by atoms with E-state index in [2.05, 4.69) is 15.3 Å². The molecule has 0 aliphatic rings. The summed E-state index contributed by atoms with van der Waals surface area (Å²) < 4.78 is 0. The van der Waals surface area contributed by atoms with Gasteiger partial charge in [-0.15, -0.1) is 0 Å². The molecule has 0 unspecified atom stereocenters. The minimum atomic E-state index is 0.0000491. The van der Waals surface area contributed by atoms with E-state index in [-0.39, 0.29) is 5.91 Å². The lowest BCUT2D eigenvalue weighted by atomic mass is 10.2. The third-order valence-corrected chi connectivity index (χ3v) is 2.31. The first-order valence-electron chi connectivity index (χ1n) is 5.43. The van der Waals surface area contributed by atoms with Crippen LogP contribution < -0.4 is 5.32 Å². The van der Waals surface area contributed by atoms with Crippen LogP contribution in [0, 0.1) is 0 Å². The average Bonchev–Trinajstić information content (AvgIpc) is 2.39. The Bertz CT molecular complexity index is 471. The fourth-order valence-corrected chi connectivity index (χ4v) is 1.46. The first-order chi connectivity index (χ1) is 8.34. The Hall–Kier alpha value is -2.23. The highest BCUT2D eigenvalue weighted by atomic mass is 16.1. The van der Waals surface area contributed by atoms with Gasteiger partial charge in [-0.3, -0.25) is 4.79 Å². The van der Waals surface area contributed by atoms with Crippen molar-refractivity contribution >= 4 is 11.6 Å². The molecule has 0 saturated heterocycles. The molecule has 0 saturated carbocycles. The maximum absolute atomic E-state index is 11.6. The molecular weight excluding hydrogens is 214 g/mol. The van der Waals surface area contributed by atoms with Gasteiger partial charge in [0, 0.05) is 24.5 Å². The Morgan fingerprint density at radius 2 is 1.82 bits per heavy atom. The lowest BCUT2D eigenvalue weighted by molar-refractivity contribution is -0.116. The monoisotopic (exact) mass is 227 g/mol. The van der Waals surface area contributed by atoms with Crippen LogP contribution in [0.5, 0.6) is 0 Å². The SMILES string of the molecule is O=C(CCc1cncnc1)Nc1ccccc1. The summed E-state index contributed by atoms with van der Waals surface area (Å²) >= 11 is 0. The Morgan fingerprint density at radius 1 is 1.12 bits per heavy atom. The van der Waals surface area contributed by atoms with Crippen LogP contribution in [0.2, 0.25) is 0 Å². The Labute approximate surface area is 99.7 Å². The second kappa shape index (κ2) is 5.75. The molecule has 2 rings (SSSR count). The predicted octanol–water partition coefficient (Wildman–Crippen LogP) is 2.05. The van der Waals surface area contributed by atoms with Crippen LogP contribution in [0.3, 0.4) is 0 Å². The van der Waals surface area contributed by atoms with Crippen molar-refractivity contribution in [2.24, 2.45) is 0 Å². The molecule has 1 aromatic carbocycles. The summed E-state index contributed by atoms with van der Waals surface area (Å²) in [6, 6.07) is 9.42. The molecular formula is C13H13N3O. The van der Waals surface area contributed by atoms with E-state index < -0.39 is 0 Å². The molecule has 0 fully saturated rings. The summed E-state index contributed by atoms with van der Waals surface area (Å²) in [6.45, 7) is 0. The molecule has 1 heterocycles. The van der Waals surface area contributed by atoms with Crippen LogP contribution in [0.4, 0.5) is 5.69 Å². The first-order valence-corrected chi connectivity index (χ1v) is 5.43. The van der Waals surface area contributed by atoms with Gasteiger partial charge in [0.1, 0.15) is 6.33 Å². The summed E-state index contributed by atoms with van der Waals surface area (Å²) in [6.07, 6.45) is 6.01.